The van der Waals surface area contributed by atoms with Crippen LogP contribution in [0.5, 0.6) is 5.75 Å². The standard InChI is InChI=1S/C28H28N2O3.2H2/c1-18-3-9-24(16-25(18)21-6-4-20(5-7-21)17-29-19(2)31)30-27(32)28(12-13-28)23-8-10-26-22(15-23)11-14-33-26;;/h3-10,15-16H,11-14,17H2,1-2H3,(H,29,31)(H,30,32);2*1H. The molecule has 0 radical (unpaired) electrons. The van der Waals surface area contributed by atoms with Crippen LogP contribution >= 0.6 is 0 Å². The van der Waals surface area contributed by atoms with Crippen molar-refractivity contribution in [1.82, 2.24) is 5.32 Å². The zero-order valence-corrected chi connectivity index (χ0v) is 19.0. The van der Waals surface area contributed by atoms with E-state index in [-0.39, 0.29) is 14.7 Å². The molecule has 2 aliphatic rings. The molecule has 0 saturated heterocycles. The molecule has 3 aromatic carbocycles. The summed E-state index contributed by atoms with van der Waals surface area (Å²) in [6.45, 7) is 4.82. The Kier molecular flexibility index (Phi) is 5.41. The van der Waals surface area contributed by atoms with Gasteiger partial charge in [0.15, 0.2) is 0 Å². The van der Waals surface area contributed by atoms with Crippen LogP contribution in [0.1, 0.15) is 44.9 Å². The van der Waals surface area contributed by atoms with Crippen LogP contribution in [0.3, 0.4) is 0 Å². The Morgan fingerprint density at radius 1 is 1.03 bits per heavy atom. The van der Waals surface area contributed by atoms with Crippen LogP contribution in [0.4, 0.5) is 5.69 Å². The molecular weight excluding hydrogens is 412 g/mol. The molecule has 2 amide bonds. The number of aryl methyl sites for hydroxylation is 1. The highest BCUT2D eigenvalue weighted by Gasteiger charge is 2.51. The summed E-state index contributed by atoms with van der Waals surface area (Å²) in [5.41, 5.74) is 7.01. The lowest BCUT2D eigenvalue weighted by atomic mass is 9.92. The van der Waals surface area contributed by atoms with Crippen LogP contribution in [0, 0.1) is 6.92 Å². The molecule has 2 N–H and O–H groups in total. The van der Waals surface area contributed by atoms with Crippen LogP contribution in [0.2, 0.25) is 0 Å². The van der Waals surface area contributed by atoms with E-state index in [1.807, 2.05) is 42.5 Å². The fraction of sp³-hybridized carbons (Fsp3) is 0.286. The smallest absolute Gasteiger partial charge is 0.235 e. The van der Waals surface area contributed by atoms with Crippen molar-refractivity contribution in [1.29, 1.82) is 0 Å². The Morgan fingerprint density at radius 2 is 1.82 bits per heavy atom. The first kappa shape index (κ1) is 21.3. The fourth-order valence-corrected chi connectivity index (χ4v) is 4.55. The quantitative estimate of drug-likeness (QED) is 0.535. The topological polar surface area (TPSA) is 67.4 Å². The number of carbonyl (C=O) groups is 2. The first-order chi connectivity index (χ1) is 15.9. The summed E-state index contributed by atoms with van der Waals surface area (Å²) in [7, 11) is 0. The lowest BCUT2D eigenvalue weighted by Crippen LogP contribution is -2.27. The molecule has 1 saturated carbocycles. The second kappa shape index (κ2) is 8.39. The van der Waals surface area contributed by atoms with Gasteiger partial charge in [-0.3, -0.25) is 9.59 Å². The Bertz CT molecular complexity index is 1240. The molecule has 172 valence electrons. The highest BCUT2D eigenvalue weighted by atomic mass is 16.5. The van der Waals surface area contributed by atoms with Crippen molar-refractivity contribution in [2.75, 3.05) is 11.9 Å². The van der Waals surface area contributed by atoms with E-state index in [1.54, 1.807) is 0 Å². The number of hydrogen-bond donors (Lipinski definition) is 2. The number of carbonyl (C=O) groups excluding carboxylic acids is 2. The summed E-state index contributed by atoms with van der Waals surface area (Å²) < 4.78 is 5.62. The molecule has 0 aromatic heterocycles. The van der Waals surface area contributed by atoms with E-state index in [0.717, 1.165) is 65.1 Å². The molecule has 0 spiro atoms. The summed E-state index contributed by atoms with van der Waals surface area (Å²) in [4.78, 5) is 24.5. The zero-order chi connectivity index (χ0) is 23.0. The molecule has 5 nitrogen and oxygen atoms in total. The van der Waals surface area contributed by atoms with Gasteiger partial charge >= 0.3 is 0 Å². The largest absolute Gasteiger partial charge is 0.493 e. The van der Waals surface area contributed by atoms with Crippen molar-refractivity contribution in [3.05, 3.63) is 82.9 Å². The second-order valence-corrected chi connectivity index (χ2v) is 9.09. The van der Waals surface area contributed by atoms with Gasteiger partial charge in [-0.15, -0.1) is 0 Å². The maximum atomic E-state index is 13.3. The second-order valence-electron chi connectivity index (χ2n) is 9.09. The van der Waals surface area contributed by atoms with Gasteiger partial charge in [-0.2, -0.15) is 0 Å². The highest BCUT2D eigenvalue weighted by Crippen LogP contribution is 2.50. The molecule has 1 aliphatic carbocycles. The third-order valence-electron chi connectivity index (χ3n) is 6.73. The van der Waals surface area contributed by atoms with E-state index in [1.165, 1.54) is 12.5 Å². The molecule has 0 unspecified atom stereocenters. The van der Waals surface area contributed by atoms with Gasteiger partial charge in [-0.05, 0) is 71.3 Å². The predicted molar refractivity (Wildman–Crippen MR) is 134 cm³/mol. The number of ether oxygens (including phenoxy) is 1. The van der Waals surface area contributed by atoms with Crippen LogP contribution in [0.25, 0.3) is 11.1 Å². The van der Waals surface area contributed by atoms with Crippen molar-refractivity contribution >= 4 is 17.5 Å². The van der Waals surface area contributed by atoms with E-state index >= 15 is 0 Å². The van der Waals surface area contributed by atoms with E-state index < -0.39 is 5.41 Å². The van der Waals surface area contributed by atoms with Crippen molar-refractivity contribution in [2.45, 2.75) is 45.1 Å². The molecule has 1 fully saturated rings. The normalized spacial score (nSPS) is 15.3. The summed E-state index contributed by atoms with van der Waals surface area (Å²) in [6.07, 6.45) is 2.64. The third-order valence-corrected chi connectivity index (χ3v) is 6.73. The van der Waals surface area contributed by atoms with Crippen LogP contribution in [-0.4, -0.2) is 18.4 Å². The fourth-order valence-electron chi connectivity index (χ4n) is 4.55. The minimum Gasteiger partial charge on any atom is -0.493 e. The van der Waals surface area contributed by atoms with E-state index in [9.17, 15) is 9.59 Å². The first-order valence-corrected chi connectivity index (χ1v) is 11.5. The average molecular weight is 445 g/mol. The maximum Gasteiger partial charge on any atom is 0.235 e. The monoisotopic (exact) mass is 444 g/mol. The summed E-state index contributed by atoms with van der Waals surface area (Å²) >= 11 is 0. The number of amides is 2. The van der Waals surface area contributed by atoms with Crippen molar-refractivity contribution < 1.29 is 17.2 Å². The SMILES string of the molecule is CC(=O)NCc1ccc(-c2cc(NC(=O)C3(c4ccc5c(c4)CCO5)CC3)ccc2C)cc1.[HH].[HH]. The Hall–Kier alpha value is -3.60. The van der Waals surface area contributed by atoms with Crippen LogP contribution in [-0.2, 0) is 28.0 Å². The first-order valence-electron chi connectivity index (χ1n) is 11.5. The van der Waals surface area contributed by atoms with Crippen molar-refractivity contribution in [3.8, 4) is 16.9 Å². The number of rotatable bonds is 6. The van der Waals surface area contributed by atoms with Gasteiger partial charge in [0.2, 0.25) is 11.8 Å². The van der Waals surface area contributed by atoms with Gasteiger partial charge in [0.25, 0.3) is 0 Å². The molecule has 0 bridgehead atoms. The Labute approximate surface area is 197 Å². The number of fused-ring (bicyclic) bond motifs is 1. The number of anilines is 1. The minimum atomic E-state index is -0.436. The minimum absolute atomic E-state index is 0. The zero-order valence-electron chi connectivity index (χ0n) is 19.0. The van der Waals surface area contributed by atoms with Gasteiger partial charge in [-0.1, -0.05) is 42.5 Å². The van der Waals surface area contributed by atoms with Crippen LogP contribution in [0.15, 0.2) is 60.7 Å². The summed E-state index contributed by atoms with van der Waals surface area (Å²) in [6, 6.07) is 20.4. The highest BCUT2D eigenvalue weighted by molar-refractivity contribution is 6.02. The molecule has 5 heteroatoms. The molecule has 5 rings (SSSR count). The van der Waals surface area contributed by atoms with Gasteiger partial charge in [0.1, 0.15) is 5.75 Å². The molecule has 1 aliphatic heterocycles. The van der Waals surface area contributed by atoms with Gasteiger partial charge in [-0.25, -0.2) is 0 Å². The molecule has 33 heavy (non-hydrogen) atoms. The molecule has 3 aromatic rings. The predicted octanol–water partition coefficient (Wildman–Crippen LogP) is 5.40. The Morgan fingerprint density at radius 3 is 2.55 bits per heavy atom. The Balaban J connectivity index is 0.00000171. The van der Waals surface area contributed by atoms with Crippen LogP contribution < -0.4 is 15.4 Å². The molecular formula is C28H32N2O3. The van der Waals surface area contributed by atoms with E-state index in [4.69, 9.17) is 4.74 Å². The average Bonchev–Trinajstić information content (AvgIpc) is 3.50. The van der Waals surface area contributed by atoms with Gasteiger partial charge < -0.3 is 15.4 Å². The third kappa shape index (κ3) is 4.23. The number of hydrogen-bond acceptors (Lipinski definition) is 3. The maximum absolute atomic E-state index is 13.3. The lowest BCUT2D eigenvalue weighted by molar-refractivity contribution is -0.119. The van der Waals surface area contributed by atoms with E-state index in [0.29, 0.717) is 6.54 Å². The van der Waals surface area contributed by atoms with Crippen molar-refractivity contribution in [2.24, 2.45) is 0 Å². The summed E-state index contributed by atoms with van der Waals surface area (Å²) in [5, 5.41) is 5.99. The number of benzene rings is 3. The van der Waals surface area contributed by atoms with E-state index in [2.05, 4.69) is 35.8 Å². The lowest BCUT2D eigenvalue weighted by Gasteiger charge is -2.18. The molecule has 0 atom stereocenters. The van der Waals surface area contributed by atoms with Gasteiger partial charge in [0, 0.05) is 28.4 Å². The molecule has 1 heterocycles. The number of nitrogens with one attached hydrogen (secondary N) is 2. The summed E-state index contributed by atoms with van der Waals surface area (Å²) in [5.74, 6) is 0.961. The van der Waals surface area contributed by atoms with Crippen molar-refractivity contribution in [3.63, 3.8) is 0 Å². The van der Waals surface area contributed by atoms with Gasteiger partial charge in [0.05, 0.1) is 12.0 Å².